The summed E-state index contributed by atoms with van der Waals surface area (Å²) in [4.78, 5) is 16.6. The Labute approximate surface area is 161 Å². The van der Waals surface area contributed by atoms with Crippen LogP contribution in [0.3, 0.4) is 0 Å². The summed E-state index contributed by atoms with van der Waals surface area (Å²) < 4.78 is 2.21. The van der Waals surface area contributed by atoms with Crippen molar-refractivity contribution >= 4 is 22.5 Å². The summed E-state index contributed by atoms with van der Waals surface area (Å²) in [5.41, 5.74) is 1.90. The van der Waals surface area contributed by atoms with Crippen LogP contribution < -0.4 is 10.6 Å². The van der Waals surface area contributed by atoms with Crippen molar-refractivity contribution < 1.29 is 4.79 Å². The molecular weight excluding hydrogens is 360 g/mol. The largest absolute Gasteiger partial charge is 0.337 e. The van der Waals surface area contributed by atoms with Gasteiger partial charge in [-0.1, -0.05) is 36.8 Å². The van der Waals surface area contributed by atoms with Crippen molar-refractivity contribution in [3.05, 3.63) is 47.4 Å². The lowest BCUT2D eigenvalue weighted by molar-refractivity contribution is 0.252. The van der Waals surface area contributed by atoms with Gasteiger partial charge in [0.25, 0.3) is 0 Å². The van der Waals surface area contributed by atoms with Crippen molar-refractivity contribution in [3.63, 3.8) is 0 Å². The van der Waals surface area contributed by atoms with Gasteiger partial charge in [-0.05, 0) is 12.8 Å². The van der Waals surface area contributed by atoms with E-state index < -0.39 is 0 Å². The zero-order chi connectivity index (χ0) is 18.5. The molecule has 0 saturated heterocycles. The van der Waals surface area contributed by atoms with Crippen LogP contribution in [-0.2, 0) is 19.4 Å². The minimum Gasteiger partial charge on any atom is -0.337 e. The molecule has 140 valence electrons. The lowest BCUT2D eigenvalue weighted by Crippen LogP contribution is -2.31. The van der Waals surface area contributed by atoms with Crippen LogP contribution in [0.5, 0.6) is 0 Å². The molecule has 27 heavy (non-hydrogen) atoms. The third-order valence-electron chi connectivity index (χ3n) is 4.61. The van der Waals surface area contributed by atoms with Crippen molar-refractivity contribution in [1.29, 1.82) is 0 Å². The van der Waals surface area contributed by atoms with Gasteiger partial charge in [-0.25, -0.2) is 9.78 Å². The highest BCUT2D eigenvalue weighted by atomic mass is 32.1. The maximum Gasteiger partial charge on any atom is 0.321 e. The van der Waals surface area contributed by atoms with Gasteiger partial charge in [-0.2, -0.15) is 0 Å². The maximum atomic E-state index is 12.1. The molecule has 1 aliphatic rings. The Kier molecular flexibility index (Phi) is 5.43. The molecule has 7 nitrogen and oxygen atoms in total. The third-order valence-corrected chi connectivity index (χ3v) is 5.37. The lowest BCUT2D eigenvalue weighted by Gasteiger charge is -2.08. The Bertz CT molecular complexity index is 904. The number of urea groups is 1. The second-order valence-electron chi connectivity index (χ2n) is 6.53. The number of hydrogen-bond acceptors (Lipinski definition) is 5. The van der Waals surface area contributed by atoms with Crippen LogP contribution in [0.2, 0.25) is 0 Å². The Balaban J connectivity index is 1.28. The summed E-state index contributed by atoms with van der Waals surface area (Å²) in [7, 11) is 0. The lowest BCUT2D eigenvalue weighted by atomic mass is 10.2. The van der Waals surface area contributed by atoms with E-state index in [0.29, 0.717) is 18.1 Å². The smallest absolute Gasteiger partial charge is 0.321 e. The van der Waals surface area contributed by atoms with Crippen molar-refractivity contribution in [2.45, 2.75) is 38.6 Å². The molecule has 0 bridgehead atoms. The molecule has 2 N–H and O–H groups in total. The molecule has 0 unspecified atom stereocenters. The Morgan fingerprint density at radius 3 is 2.93 bits per heavy atom. The molecular formula is C19H22N6OS. The van der Waals surface area contributed by atoms with Crippen LogP contribution in [-0.4, -0.2) is 32.3 Å². The summed E-state index contributed by atoms with van der Waals surface area (Å²) in [6.45, 7) is 1.49. The van der Waals surface area contributed by atoms with Gasteiger partial charge >= 0.3 is 6.03 Å². The van der Waals surface area contributed by atoms with Gasteiger partial charge in [0.15, 0.2) is 5.13 Å². The van der Waals surface area contributed by atoms with Gasteiger partial charge in [0.1, 0.15) is 11.6 Å². The summed E-state index contributed by atoms with van der Waals surface area (Å²) in [6, 6.07) is 9.66. The summed E-state index contributed by atoms with van der Waals surface area (Å²) in [5.74, 6) is 2.02. The molecule has 0 aliphatic carbocycles. The molecule has 1 aromatic carbocycles. The number of thiazole rings is 1. The number of rotatable bonds is 5. The van der Waals surface area contributed by atoms with Gasteiger partial charge < -0.3 is 9.88 Å². The van der Waals surface area contributed by atoms with E-state index in [1.807, 2.05) is 35.7 Å². The molecule has 0 spiro atoms. The minimum absolute atomic E-state index is 0.250. The van der Waals surface area contributed by atoms with Crippen LogP contribution in [0.25, 0.3) is 11.3 Å². The molecule has 0 atom stereocenters. The van der Waals surface area contributed by atoms with Crippen molar-refractivity contribution in [2.75, 3.05) is 11.9 Å². The Hall–Kier alpha value is -2.74. The van der Waals surface area contributed by atoms with E-state index in [-0.39, 0.29) is 6.03 Å². The number of carbonyl (C=O) groups excluding carboxylic acids is 1. The molecule has 0 saturated carbocycles. The van der Waals surface area contributed by atoms with E-state index in [9.17, 15) is 4.79 Å². The maximum absolute atomic E-state index is 12.1. The molecule has 1 aliphatic heterocycles. The first kappa shape index (κ1) is 17.7. The van der Waals surface area contributed by atoms with Crippen LogP contribution >= 0.6 is 11.3 Å². The van der Waals surface area contributed by atoms with Gasteiger partial charge in [0, 0.05) is 36.9 Å². The van der Waals surface area contributed by atoms with Crippen LogP contribution in [0.1, 0.15) is 30.9 Å². The van der Waals surface area contributed by atoms with Crippen molar-refractivity contribution in [3.8, 4) is 11.3 Å². The van der Waals surface area contributed by atoms with E-state index >= 15 is 0 Å². The topological polar surface area (TPSA) is 84.7 Å². The zero-order valence-corrected chi connectivity index (χ0v) is 15.8. The van der Waals surface area contributed by atoms with Gasteiger partial charge in [-0.3, -0.25) is 5.32 Å². The summed E-state index contributed by atoms with van der Waals surface area (Å²) in [6.07, 6.45) is 5.25. The van der Waals surface area contributed by atoms with E-state index in [2.05, 4.69) is 30.4 Å². The van der Waals surface area contributed by atoms with Gasteiger partial charge in [0.2, 0.25) is 0 Å². The second-order valence-corrected chi connectivity index (χ2v) is 7.39. The molecule has 3 aromatic rings. The first-order valence-corrected chi connectivity index (χ1v) is 10.1. The molecule has 2 aromatic heterocycles. The number of nitrogens with zero attached hydrogens (tertiary/aromatic N) is 4. The minimum atomic E-state index is -0.250. The van der Waals surface area contributed by atoms with E-state index in [1.165, 1.54) is 30.6 Å². The number of aryl methyl sites for hydroxylation is 1. The third kappa shape index (κ3) is 4.33. The van der Waals surface area contributed by atoms with Crippen molar-refractivity contribution in [1.82, 2.24) is 25.1 Å². The SMILES string of the molecule is O=C(NCCc1nnc2n1CCCCC2)Nc1nc(-c2ccccc2)cs1. The van der Waals surface area contributed by atoms with E-state index in [1.54, 1.807) is 0 Å². The number of fused-ring (bicyclic) bond motifs is 1. The standard InChI is InChI=1S/C19H22N6OS/c26-18(22-19-21-15(13-27-19)14-7-3-1-4-8-14)20-11-10-17-24-23-16-9-5-2-6-12-25(16)17/h1,3-4,7-8,13H,2,5-6,9-12H2,(H2,20,21,22,26). The molecule has 8 heteroatoms. The fourth-order valence-corrected chi connectivity index (χ4v) is 3.95. The second kappa shape index (κ2) is 8.30. The number of aromatic nitrogens is 4. The Morgan fingerprint density at radius 1 is 1.15 bits per heavy atom. The normalized spacial score (nSPS) is 13.6. The fraction of sp³-hybridized carbons (Fsp3) is 0.368. The van der Waals surface area contributed by atoms with Crippen molar-refractivity contribution in [2.24, 2.45) is 0 Å². The number of benzene rings is 1. The molecule has 4 rings (SSSR count). The average Bonchev–Trinajstić information content (AvgIpc) is 3.23. The summed E-state index contributed by atoms with van der Waals surface area (Å²) >= 11 is 1.42. The average molecular weight is 382 g/mol. The number of nitrogens with one attached hydrogen (secondary N) is 2. The number of anilines is 1. The number of amides is 2. The quantitative estimate of drug-likeness (QED) is 0.707. The first-order chi connectivity index (χ1) is 13.3. The number of hydrogen-bond donors (Lipinski definition) is 2. The Morgan fingerprint density at radius 2 is 2.04 bits per heavy atom. The highest BCUT2D eigenvalue weighted by Crippen LogP contribution is 2.24. The predicted molar refractivity (Wildman–Crippen MR) is 106 cm³/mol. The van der Waals surface area contributed by atoms with Crippen LogP contribution in [0.15, 0.2) is 35.7 Å². The molecule has 3 heterocycles. The van der Waals surface area contributed by atoms with E-state index in [0.717, 1.165) is 35.9 Å². The highest BCUT2D eigenvalue weighted by Gasteiger charge is 2.14. The first-order valence-electron chi connectivity index (χ1n) is 9.26. The predicted octanol–water partition coefficient (Wildman–Crippen LogP) is 3.49. The zero-order valence-electron chi connectivity index (χ0n) is 15.0. The van der Waals surface area contributed by atoms with Crippen LogP contribution in [0, 0.1) is 0 Å². The van der Waals surface area contributed by atoms with E-state index in [4.69, 9.17) is 0 Å². The monoisotopic (exact) mass is 382 g/mol. The highest BCUT2D eigenvalue weighted by molar-refractivity contribution is 7.14. The fourth-order valence-electron chi connectivity index (χ4n) is 3.23. The van der Waals surface area contributed by atoms with Gasteiger partial charge in [0.05, 0.1) is 5.69 Å². The molecule has 0 fully saturated rings. The van der Waals surface area contributed by atoms with Gasteiger partial charge in [-0.15, -0.1) is 21.5 Å². The molecule has 2 amide bonds. The summed E-state index contributed by atoms with van der Waals surface area (Å²) in [5, 5.41) is 16.8. The number of carbonyl (C=O) groups is 1. The van der Waals surface area contributed by atoms with Crippen LogP contribution in [0.4, 0.5) is 9.93 Å². The molecule has 0 radical (unpaired) electrons.